The van der Waals surface area contributed by atoms with Crippen molar-refractivity contribution in [1.82, 2.24) is 4.90 Å². The largest absolute Gasteiger partial charge is 0.296 e. The quantitative estimate of drug-likeness (QED) is 0.693. The maximum Gasteiger partial charge on any atom is 0.0356 e. The van der Waals surface area contributed by atoms with E-state index in [1.807, 2.05) is 0 Å². The predicted octanol–water partition coefficient (Wildman–Crippen LogP) is 3.46. The molecule has 3 saturated heterocycles. The molecule has 1 aromatic rings. The number of fused-ring (bicyclic) bond motifs is 3. The summed E-state index contributed by atoms with van der Waals surface area (Å²) in [5.74, 6) is 0.994. The lowest BCUT2D eigenvalue weighted by molar-refractivity contribution is 0.0484. The first kappa shape index (κ1) is 10.3. The summed E-state index contributed by atoms with van der Waals surface area (Å²) >= 11 is 0. The van der Waals surface area contributed by atoms with Crippen molar-refractivity contribution in [2.75, 3.05) is 13.1 Å². The smallest absolute Gasteiger partial charge is 0.0356 e. The standard InChI is InChI=1S/C15H21N/c1-11-4-3-5-12(2)15(11)14-10-13-6-8-16(14)9-7-13/h3-5,13-14H,6-10H2,1-2H3. The maximum absolute atomic E-state index is 2.70. The molecule has 16 heavy (non-hydrogen) atoms. The van der Waals surface area contributed by atoms with Crippen molar-refractivity contribution in [2.45, 2.75) is 39.2 Å². The molecule has 3 fully saturated rings. The van der Waals surface area contributed by atoms with E-state index in [9.17, 15) is 0 Å². The van der Waals surface area contributed by atoms with Crippen molar-refractivity contribution >= 4 is 0 Å². The van der Waals surface area contributed by atoms with Crippen molar-refractivity contribution in [2.24, 2.45) is 5.92 Å². The van der Waals surface area contributed by atoms with Gasteiger partial charge in [0, 0.05) is 6.04 Å². The molecule has 0 amide bonds. The third-order valence-electron chi connectivity index (χ3n) is 4.52. The van der Waals surface area contributed by atoms with E-state index in [1.165, 1.54) is 43.5 Å². The van der Waals surface area contributed by atoms with E-state index in [4.69, 9.17) is 0 Å². The lowest BCUT2D eigenvalue weighted by atomic mass is 9.79. The minimum atomic E-state index is 0.716. The molecular weight excluding hydrogens is 194 g/mol. The number of benzene rings is 1. The topological polar surface area (TPSA) is 3.24 Å². The molecule has 1 unspecified atom stereocenters. The van der Waals surface area contributed by atoms with Gasteiger partial charge in [-0.3, -0.25) is 4.90 Å². The van der Waals surface area contributed by atoms with Gasteiger partial charge in [0.25, 0.3) is 0 Å². The van der Waals surface area contributed by atoms with E-state index < -0.39 is 0 Å². The van der Waals surface area contributed by atoms with Gasteiger partial charge in [-0.2, -0.15) is 0 Å². The number of rotatable bonds is 1. The van der Waals surface area contributed by atoms with Crippen LogP contribution in [0.25, 0.3) is 0 Å². The second-order valence-electron chi connectivity index (χ2n) is 5.54. The molecule has 1 aromatic carbocycles. The lowest BCUT2D eigenvalue weighted by Gasteiger charge is -2.46. The number of nitrogens with zero attached hydrogens (tertiary/aromatic N) is 1. The van der Waals surface area contributed by atoms with Crippen LogP contribution in [0.1, 0.15) is 42.0 Å². The van der Waals surface area contributed by atoms with Crippen molar-refractivity contribution in [3.05, 3.63) is 34.9 Å². The van der Waals surface area contributed by atoms with Crippen LogP contribution in [-0.2, 0) is 0 Å². The van der Waals surface area contributed by atoms with Gasteiger partial charge in [0.1, 0.15) is 0 Å². The van der Waals surface area contributed by atoms with Crippen LogP contribution in [-0.4, -0.2) is 18.0 Å². The third kappa shape index (κ3) is 1.58. The van der Waals surface area contributed by atoms with Crippen LogP contribution in [0.5, 0.6) is 0 Å². The Bertz CT molecular complexity index is 368. The molecule has 0 N–H and O–H groups in total. The van der Waals surface area contributed by atoms with Gasteiger partial charge in [-0.1, -0.05) is 18.2 Å². The first-order valence-corrected chi connectivity index (χ1v) is 6.56. The first-order chi connectivity index (χ1) is 7.75. The average Bonchev–Trinajstić information content (AvgIpc) is 2.30. The normalized spacial score (nSPS) is 33.0. The average molecular weight is 215 g/mol. The molecule has 1 nitrogen and oxygen atoms in total. The first-order valence-electron chi connectivity index (χ1n) is 6.56. The van der Waals surface area contributed by atoms with Crippen molar-refractivity contribution in [3.8, 4) is 0 Å². The summed E-state index contributed by atoms with van der Waals surface area (Å²) < 4.78 is 0. The molecule has 0 aromatic heterocycles. The van der Waals surface area contributed by atoms with E-state index in [1.54, 1.807) is 5.56 Å². The molecule has 86 valence electrons. The zero-order chi connectivity index (χ0) is 11.1. The second-order valence-corrected chi connectivity index (χ2v) is 5.54. The Hall–Kier alpha value is -0.820. The lowest BCUT2D eigenvalue weighted by Crippen LogP contribution is -2.44. The van der Waals surface area contributed by atoms with Crippen LogP contribution in [0, 0.1) is 19.8 Å². The van der Waals surface area contributed by atoms with Gasteiger partial charge in [0.2, 0.25) is 0 Å². The number of aryl methyl sites for hydroxylation is 2. The summed E-state index contributed by atoms with van der Waals surface area (Å²) in [4.78, 5) is 2.70. The highest BCUT2D eigenvalue weighted by molar-refractivity contribution is 5.36. The minimum Gasteiger partial charge on any atom is -0.296 e. The SMILES string of the molecule is Cc1cccc(C)c1C1CC2CCN1CC2. The molecule has 4 rings (SSSR count). The second kappa shape index (κ2) is 3.89. The van der Waals surface area contributed by atoms with E-state index >= 15 is 0 Å². The molecule has 0 saturated carbocycles. The maximum atomic E-state index is 2.70. The molecular formula is C15H21N. The van der Waals surface area contributed by atoms with E-state index in [-0.39, 0.29) is 0 Å². The van der Waals surface area contributed by atoms with Gasteiger partial charge < -0.3 is 0 Å². The van der Waals surface area contributed by atoms with Gasteiger partial charge >= 0.3 is 0 Å². The molecule has 0 aliphatic carbocycles. The summed E-state index contributed by atoms with van der Waals surface area (Å²) in [5.41, 5.74) is 4.59. The molecule has 2 bridgehead atoms. The monoisotopic (exact) mass is 215 g/mol. The van der Waals surface area contributed by atoms with Crippen LogP contribution < -0.4 is 0 Å². The van der Waals surface area contributed by atoms with Crippen LogP contribution in [0.4, 0.5) is 0 Å². The Balaban J connectivity index is 1.98. The van der Waals surface area contributed by atoms with Crippen molar-refractivity contribution < 1.29 is 0 Å². The fraction of sp³-hybridized carbons (Fsp3) is 0.600. The predicted molar refractivity (Wildman–Crippen MR) is 67.6 cm³/mol. The Labute approximate surface area is 98.5 Å². The van der Waals surface area contributed by atoms with E-state index in [2.05, 4.69) is 36.9 Å². The highest BCUT2D eigenvalue weighted by atomic mass is 15.2. The van der Waals surface area contributed by atoms with Crippen LogP contribution in [0.3, 0.4) is 0 Å². The van der Waals surface area contributed by atoms with Gasteiger partial charge in [-0.15, -0.1) is 0 Å². The van der Waals surface area contributed by atoms with Gasteiger partial charge in [-0.25, -0.2) is 0 Å². The summed E-state index contributed by atoms with van der Waals surface area (Å²) in [7, 11) is 0. The molecule has 1 heteroatoms. The van der Waals surface area contributed by atoms with Gasteiger partial charge in [0.05, 0.1) is 0 Å². The Morgan fingerprint density at radius 3 is 2.19 bits per heavy atom. The Kier molecular flexibility index (Phi) is 2.51. The Morgan fingerprint density at radius 2 is 1.69 bits per heavy atom. The summed E-state index contributed by atoms with van der Waals surface area (Å²) in [6.07, 6.45) is 4.26. The Morgan fingerprint density at radius 1 is 1.06 bits per heavy atom. The molecule has 0 spiro atoms. The fourth-order valence-electron chi connectivity index (χ4n) is 3.62. The highest BCUT2D eigenvalue weighted by Gasteiger charge is 2.35. The summed E-state index contributed by atoms with van der Waals surface area (Å²) in [5, 5.41) is 0. The fourth-order valence-corrected chi connectivity index (χ4v) is 3.62. The van der Waals surface area contributed by atoms with Crippen molar-refractivity contribution in [1.29, 1.82) is 0 Å². The third-order valence-corrected chi connectivity index (χ3v) is 4.52. The number of hydrogen-bond donors (Lipinski definition) is 0. The number of hydrogen-bond acceptors (Lipinski definition) is 1. The van der Waals surface area contributed by atoms with E-state index in [0.29, 0.717) is 6.04 Å². The van der Waals surface area contributed by atoms with Crippen LogP contribution >= 0.6 is 0 Å². The molecule has 1 atom stereocenters. The highest BCUT2D eigenvalue weighted by Crippen LogP contribution is 2.42. The van der Waals surface area contributed by atoms with Crippen LogP contribution in [0.15, 0.2) is 18.2 Å². The zero-order valence-corrected chi connectivity index (χ0v) is 10.4. The van der Waals surface area contributed by atoms with E-state index in [0.717, 1.165) is 5.92 Å². The summed E-state index contributed by atoms with van der Waals surface area (Å²) in [6, 6.07) is 7.44. The molecule has 3 aliphatic rings. The zero-order valence-electron chi connectivity index (χ0n) is 10.4. The van der Waals surface area contributed by atoms with Crippen molar-refractivity contribution in [3.63, 3.8) is 0 Å². The van der Waals surface area contributed by atoms with Crippen LogP contribution in [0.2, 0.25) is 0 Å². The molecule has 0 radical (unpaired) electrons. The minimum absolute atomic E-state index is 0.716. The molecule has 3 aliphatic heterocycles. The number of piperidine rings is 3. The van der Waals surface area contributed by atoms with Gasteiger partial charge in [0.15, 0.2) is 0 Å². The molecule has 3 heterocycles. The van der Waals surface area contributed by atoms with Gasteiger partial charge in [-0.05, 0) is 68.8 Å². The summed E-state index contributed by atoms with van der Waals surface area (Å²) in [6.45, 7) is 7.18.